The van der Waals surface area contributed by atoms with Crippen LogP contribution in [0.4, 0.5) is 0 Å². The van der Waals surface area contributed by atoms with Gasteiger partial charge in [-0.15, -0.1) is 6.42 Å². The summed E-state index contributed by atoms with van der Waals surface area (Å²) in [5.74, 6) is 2.57. The van der Waals surface area contributed by atoms with Crippen LogP contribution in [0.15, 0.2) is 0 Å². The molecule has 1 aliphatic rings. The van der Waals surface area contributed by atoms with Gasteiger partial charge in [-0.2, -0.15) is 0 Å². The van der Waals surface area contributed by atoms with Gasteiger partial charge >= 0.3 is 0 Å². The summed E-state index contributed by atoms with van der Waals surface area (Å²) in [7, 11) is 0. The maximum atomic E-state index is 5.11. The molecule has 1 fully saturated rings. The van der Waals surface area contributed by atoms with Crippen LogP contribution < -0.4 is 5.32 Å². The average Bonchev–Trinajstić information content (AvgIpc) is 1.84. The van der Waals surface area contributed by atoms with Gasteiger partial charge in [0.25, 0.3) is 0 Å². The van der Waals surface area contributed by atoms with E-state index in [1.807, 2.05) is 0 Å². The zero-order valence-corrected chi connectivity index (χ0v) is 7.14. The van der Waals surface area contributed by atoms with Gasteiger partial charge in [0.15, 0.2) is 0 Å². The Bertz CT molecular complexity index is 144. The number of nitrogens with one attached hydrogen (secondary N) is 1. The van der Waals surface area contributed by atoms with E-state index in [-0.39, 0.29) is 0 Å². The monoisotopic (exact) mass is 152 g/mol. The third-order valence-corrected chi connectivity index (χ3v) is 2.18. The first-order valence-electron chi connectivity index (χ1n) is 4.23. The zero-order chi connectivity index (χ0) is 8.10. The highest BCUT2D eigenvalue weighted by Crippen LogP contribution is 2.09. The lowest BCUT2D eigenvalue weighted by Crippen LogP contribution is -2.47. The first kappa shape index (κ1) is 8.58. The second kappa shape index (κ2) is 4.38. The minimum absolute atomic E-state index is 0.650. The molecule has 0 amide bonds. The molecule has 2 nitrogen and oxygen atoms in total. The van der Waals surface area contributed by atoms with Gasteiger partial charge in [0.05, 0.1) is 6.54 Å². The van der Waals surface area contributed by atoms with E-state index in [9.17, 15) is 0 Å². The summed E-state index contributed by atoms with van der Waals surface area (Å²) >= 11 is 0. The molecule has 1 aliphatic heterocycles. The van der Waals surface area contributed by atoms with Gasteiger partial charge in [0.2, 0.25) is 0 Å². The molecule has 2 heteroatoms. The fraction of sp³-hybridized carbons (Fsp3) is 0.778. The van der Waals surface area contributed by atoms with Gasteiger partial charge in [-0.1, -0.05) is 5.92 Å². The van der Waals surface area contributed by atoms with Crippen LogP contribution in [0.3, 0.4) is 0 Å². The van der Waals surface area contributed by atoms with Gasteiger partial charge in [0.1, 0.15) is 0 Å². The Morgan fingerprint density at radius 2 is 2.36 bits per heavy atom. The Hall–Kier alpha value is -0.520. The summed E-state index contributed by atoms with van der Waals surface area (Å²) in [6, 6.07) is 0.650. The first-order valence-corrected chi connectivity index (χ1v) is 4.23. The van der Waals surface area contributed by atoms with E-state index in [1.54, 1.807) is 0 Å². The number of hydrogen-bond acceptors (Lipinski definition) is 2. The van der Waals surface area contributed by atoms with Gasteiger partial charge in [-0.05, 0) is 26.4 Å². The van der Waals surface area contributed by atoms with Crippen molar-refractivity contribution in [3.05, 3.63) is 0 Å². The topological polar surface area (TPSA) is 15.3 Å². The molecule has 1 unspecified atom stereocenters. The van der Waals surface area contributed by atoms with E-state index in [2.05, 4.69) is 23.1 Å². The molecular formula is C9H16N2. The molecule has 11 heavy (non-hydrogen) atoms. The maximum Gasteiger partial charge on any atom is 0.0574 e. The largest absolute Gasteiger partial charge is 0.305 e. The third-order valence-electron chi connectivity index (χ3n) is 2.18. The van der Waals surface area contributed by atoms with Crippen molar-refractivity contribution in [2.45, 2.75) is 19.4 Å². The summed E-state index contributed by atoms with van der Waals surface area (Å²) in [5.41, 5.74) is 0. The lowest BCUT2D eigenvalue weighted by Gasteiger charge is -2.36. The van der Waals surface area contributed by atoms with Gasteiger partial charge < -0.3 is 5.32 Å². The molecule has 0 spiro atoms. The minimum atomic E-state index is 0.650. The minimum Gasteiger partial charge on any atom is -0.305 e. The highest BCUT2D eigenvalue weighted by atomic mass is 15.2. The van der Waals surface area contributed by atoms with Crippen LogP contribution in [0.5, 0.6) is 0 Å². The van der Waals surface area contributed by atoms with Gasteiger partial charge in [0, 0.05) is 12.6 Å². The van der Waals surface area contributed by atoms with Crippen LogP contribution >= 0.6 is 0 Å². The molecule has 62 valence electrons. The van der Waals surface area contributed by atoms with Crippen molar-refractivity contribution < 1.29 is 0 Å². The molecule has 1 heterocycles. The van der Waals surface area contributed by atoms with E-state index < -0.39 is 0 Å². The van der Waals surface area contributed by atoms with Crippen LogP contribution in [-0.2, 0) is 0 Å². The Morgan fingerprint density at radius 3 is 2.82 bits per heavy atom. The summed E-state index contributed by atoms with van der Waals surface area (Å²) in [4.78, 5) is 2.46. The molecular weight excluding hydrogens is 136 g/mol. The van der Waals surface area contributed by atoms with Crippen molar-refractivity contribution in [1.82, 2.24) is 10.2 Å². The Morgan fingerprint density at radius 1 is 1.64 bits per heavy atom. The van der Waals surface area contributed by atoms with E-state index >= 15 is 0 Å². The predicted octanol–water partition coefficient (Wildman–Crippen LogP) is 0.303. The van der Waals surface area contributed by atoms with E-state index in [4.69, 9.17) is 6.42 Å². The Labute approximate surface area is 69.0 Å². The predicted molar refractivity (Wildman–Crippen MR) is 47.4 cm³/mol. The zero-order valence-electron chi connectivity index (χ0n) is 7.14. The van der Waals surface area contributed by atoms with Gasteiger partial charge in [-0.3, -0.25) is 4.90 Å². The number of hydrogen-bond donors (Lipinski definition) is 1. The van der Waals surface area contributed by atoms with Crippen molar-refractivity contribution in [2.24, 2.45) is 0 Å². The number of rotatable bonds is 4. The van der Waals surface area contributed by atoms with Gasteiger partial charge in [-0.25, -0.2) is 0 Å². The molecule has 1 N–H and O–H groups in total. The van der Waals surface area contributed by atoms with Crippen LogP contribution in [0.2, 0.25) is 0 Å². The molecule has 0 aromatic carbocycles. The molecule has 0 aliphatic carbocycles. The molecule has 1 saturated heterocycles. The Balaban J connectivity index is 2.01. The third kappa shape index (κ3) is 2.53. The van der Waals surface area contributed by atoms with Crippen molar-refractivity contribution in [2.75, 3.05) is 26.2 Å². The highest BCUT2D eigenvalue weighted by molar-refractivity contribution is 4.87. The molecule has 1 atom stereocenters. The normalized spacial score (nSPS) is 20.4. The first-order chi connectivity index (χ1) is 5.34. The van der Waals surface area contributed by atoms with Crippen molar-refractivity contribution in [1.29, 1.82) is 0 Å². The van der Waals surface area contributed by atoms with E-state index in [1.165, 1.54) is 19.5 Å². The van der Waals surface area contributed by atoms with Crippen LogP contribution in [-0.4, -0.2) is 37.1 Å². The lowest BCUT2D eigenvalue weighted by molar-refractivity contribution is 0.127. The van der Waals surface area contributed by atoms with Crippen molar-refractivity contribution in [3.8, 4) is 12.3 Å². The second-order valence-electron chi connectivity index (χ2n) is 3.07. The molecule has 1 rings (SSSR count). The van der Waals surface area contributed by atoms with Crippen LogP contribution in [0.1, 0.15) is 13.3 Å². The fourth-order valence-electron chi connectivity index (χ4n) is 1.26. The number of nitrogens with zero attached hydrogens (tertiary/aromatic N) is 1. The maximum absolute atomic E-state index is 5.11. The number of likely N-dealkylation sites (tertiary alicyclic amines) is 1. The summed E-state index contributed by atoms with van der Waals surface area (Å²) in [6.45, 7) is 6.48. The molecule has 0 saturated carbocycles. The average molecular weight is 152 g/mol. The smallest absolute Gasteiger partial charge is 0.0574 e. The summed E-state index contributed by atoms with van der Waals surface area (Å²) in [6.07, 6.45) is 6.47. The van der Waals surface area contributed by atoms with Crippen molar-refractivity contribution in [3.63, 3.8) is 0 Å². The molecule has 0 radical (unpaired) electrons. The van der Waals surface area contributed by atoms with E-state index in [0.29, 0.717) is 12.6 Å². The molecule has 0 aromatic heterocycles. The van der Waals surface area contributed by atoms with E-state index in [0.717, 1.165) is 6.54 Å². The summed E-state index contributed by atoms with van der Waals surface area (Å²) < 4.78 is 0. The van der Waals surface area contributed by atoms with Crippen LogP contribution in [0.25, 0.3) is 0 Å². The van der Waals surface area contributed by atoms with Crippen LogP contribution in [0, 0.1) is 12.3 Å². The molecule has 0 bridgehead atoms. The fourth-order valence-corrected chi connectivity index (χ4v) is 1.26. The summed E-state index contributed by atoms with van der Waals surface area (Å²) in [5, 5.41) is 3.21. The highest BCUT2D eigenvalue weighted by Gasteiger charge is 2.18. The molecule has 0 aromatic rings. The second-order valence-corrected chi connectivity index (χ2v) is 3.07. The quantitative estimate of drug-likeness (QED) is 0.460. The lowest BCUT2D eigenvalue weighted by atomic mass is 10.1. The standard InChI is InChI=1S/C9H16N2/c1-3-5-10-8-9(2)11-6-4-7-11/h1,9-10H,4-8H2,2H3. The Kier molecular flexibility index (Phi) is 3.41. The van der Waals surface area contributed by atoms with Crippen molar-refractivity contribution >= 4 is 0 Å². The SMILES string of the molecule is C#CCNCC(C)N1CCC1. The number of terminal acetylenes is 1.